The largest absolute Gasteiger partial charge is 0.476 e. The molecule has 3 heterocycles. The fraction of sp³-hybridized carbons (Fsp3) is 0.333. The molecule has 0 unspecified atom stereocenters. The van der Waals surface area contributed by atoms with Crippen LogP contribution < -0.4 is 4.74 Å². The van der Waals surface area contributed by atoms with Crippen molar-refractivity contribution in [1.29, 1.82) is 0 Å². The fourth-order valence-corrected chi connectivity index (χ4v) is 3.13. The Kier molecular flexibility index (Phi) is 5.92. The summed E-state index contributed by atoms with van der Waals surface area (Å²) in [6.07, 6.45) is -2.10. The average Bonchev–Trinajstić information content (AvgIpc) is 2.99. The molecule has 3 rings (SSSR count). The van der Waals surface area contributed by atoms with Crippen molar-refractivity contribution in [3.8, 4) is 5.88 Å². The van der Waals surface area contributed by atoms with Gasteiger partial charge in [0, 0.05) is 18.1 Å². The van der Waals surface area contributed by atoms with Gasteiger partial charge >= 0.3 is 12.1 Å². The smallest absolute Gasteiger partial charge is 0.392 e. The summed E-state index contributed by atoms with van der Waals surface area (Å²) in [5, 5.41) is 14.4. The van der Waals surface area contributed by atoms with Crippen LogP contribution in [0.2, 0.25) is 5.02 Å². The predicted octanol–water partition coefficient (Wildman–Crippen LogP) is 4.12. The van der Waals surface area contributed by atoms with E-state index < -0.39 is 25.2 Å². The summed E-state index contributed by atoms with van der Waals surface area (Å²) in [5.41, 5.74) is 1.74. The van der Waals surface area contributed by atoms with Crippen LogP contribution in [-0.4, -0.2) is 43.6 Å². The number of aromatic nitrogens is 4. The van der Waals surface area contributed by atoms with Gasteiger partial charge in [0.25, 0.3) is 0 Å². The average molecular weight is 429 g/mol. The van der Waals surface area contributed by atoms with Gasteiger partial charge in [0.05, 0.1) is 30.5 Å². The lowest BCUT2D eigenvalue weighted by Gasteiger charge is -2.11. The maximum Gasteiger partial charge on any atom is 0.392 e. The summed E-state index contributed by atoms with van der Waals surface area (Å²) in [7, 11) is 0. The van der Waals surface area contributed by atoms with Crippen LogP contribution in [0, 0.1) is 0 Å². The highest BCUT2D eigenvalue weighted by Gasteiger charge is 2.27. The molecular formula is C18H16ClF3N4O3. The Balaban J connectivity index is 1.85. The quantitative estimate of drug-likeness (QED) is 0.608. The molecule has 3 aromatic rings. The number of halogens is 4. The van der Waals surface area contributed by atoms with E-state index in [4.69, 9.17) is 16.3 Å². The van der Waals surface area contributed by atoms with Gasteiger partial charge in [-0.15, -0.1) is 0 Å². The molecule has 0 saturated carbocycles. The number of ether oxygens (including phenoxy) is 1. The van der Waals surface area contributed by atoms with E-state index in [1.54, 1.807) is 10.7 Å². The molecule has 0 radical (unpaired) electrons. The van der Waals surface area contributed by atoms with E-state index in [2.05, 4.69) is 15.1 Å². The first kappa shape index (κ1) is 20.8. The topological polar surface area (TPSA) is 90.1 Å². The summed E-state index contributed by atoms with van der Waals surface area (Å²) in [4.78, 5) is 19.4. The minimum Gasteiger partial charge on any atom is -0.476 e. The predicted molar refractivity (Wildman–Crippen MR) is 98.4 cm³/mol. The summed E-state index contributed by atoms with van der Waals surface area (Å²) in [6.45, 7) is 1.53. The first-order valence-electron chi connectivity index (χ1n) is 8.61. The SMILES string of the molecule is CCc1c2c(C(=O)O)nccc2nn1Cc1cnc(OCCC(F)(F)F)c(Cl)c1. The molecular weight excluding hydrogens is 413 g/mol. The van der Waals surface area contributed by atoms with E-state index in [1.807, 2.05) is 6.92 Å². The van der Waals surface area contributed by atoms with Crippen LogP contribution in [0.3, 0.4) is 0 Å². The Morgan fingerprint density at radius 3 is 2.72 bits per heavy atom. The number of aryl methyl sites for hydroxylation is 1. The van der Waals surface area contributed by atoms with E-state index >= 15 is 0 Å². The minimum atomic E-state index is -4.32. The first-order chi connectivity index (χ1) is 13.7. The zero-order valence-corrected chi connectivity index (χ0v) is 16.0. The standard InChI is InChI=1S/C18H16ClF3N4O3/c1-2-13-14-12(3-5-23-15(14)17(27)28)25-26(13)9-10-7-11(19)16(24-8-10)29-6-4-18(20,21)22/h3,5,7-8H,2,4,6,9H2,1H3,(H,27,28). The molecule has 0 fully saturated rings. The summed E-state index contributed by atoms with van der Waals surface area (Å²) < 4.78 is 43.3. The maximum absolute atomic E-state index is 12.2. The number of aromatic carboxylic acids is 1. The van der Waals surface area contributed by atoms with Gasteiger partial charge in [-0.2, -0.15) is 18.3 Å². The summed E-state index contributed by atoms with van der Waals surface area (Å²) >= 11 is 6.08. The summed E-state index contributed by atoms with van der Waals surface area (Å²) in [5.74, 6) is -1.23. The molecule has 29 heavy (non-hydrogen) atoms. The van der Waals surface area contributed by atoms with Crippen LogP contribution in [0.15, 0.2) is 24.5 Å². The zero-order chi connectivity index (χ0) is 21.2. The molecule has 0 aliphatic rings. The van der Waals surface area contributed by atoms with Gasteiger partial charge in [-0.25, -0.2) is 14.8 Å². The molecule has 0 aromatic carbocycles. The number of carboxylic acids is 1. The van der Waals surface area contributed by atoms with E-state index in [-0.39, 0.29) is 23.1 Å². The molecule has 0 bridgehead atoms. The van der Waals surface area contributed by atoms with Crippen LogP contribution >= 0.6 is 11.6 Å². The molecule has 11 heteroatoms. The van der Waals surface area contributed by atoms with Crippen molar-refractivity contribution in [3.63, 3.8) is 0 Å². The number of nitrogens with zero attached hydrogens (tertiary/aromatic N) is 4. The maximum atomic E-state index is 12.2. The van der Waals surface area contributed by atoms with Crippen molar-refractivity contribution in [2.75, 3.05) is 6.61 Å². The van der Waals surface area contributed by atoms with Crippen LogP contribution in [0.5, 0.6) is 5.88 Å². The van der Waals surface area contributed by atoms with Crippen LogP contribution in [0.4, 0.5) is 13.2 Å². The van der Waals surface area contributed by atoms with Crippen molar-refractivity contribution in [2.45, 2.75) is 32.5 Å². The Hall–Kier alpha value is -2.88. The van der Waals surface area contributed by atoms with E-state index in [9.17, 15) is 23.1 Å². The number of hydrogen-bond acceptors (Lipinski definition) is 5. The Morgan fingerprint density at radius 1 is 1.34 bits per heavy atom. The van der Waals surface area contributed by atoms with Gasteiger partial charge in [-0.1, -0.05) is 18.5 Å². The number of fused-ring (bicyclic) bond motifs is 1. The Bertz CT molecular complexity index is 1050. The van der Waals surface area contributed by atoms with E-state index in [0.29, 0.717) is 28.6 Å². The van der Waals surface area contributed by atoms with Crippen molar-refractivity contribution in [3.05, 3.63) is 46.5 Å². The van der Waals surface area contributed by atoms with Crippen LogP contribution in [0.1, 0.15) is 35.1 Å². The number of pyridine rings is 2. The normalized spacial score (nSPS) is 11.8. The van der Waals surface area contributed by atoms with E-state index in [0.717, 1.165) is 0 Å². The molecule has 3 aromatic heterocycles. The van der Waals surface area contributed by atoms with Crippen molar-refractivity contribution < 1.29 is 27.8 Å². The third-order valence-electron chi connectivity index (χ3n) is 4.12. The molecule has 0 saturated heterocycles. The van der Waals surface area contributed by atoms with Crippen molar-refractivity contribution >= 4 is 28.5 Å². The summed E-state index contributed by atoms with van der Waals surface area (Å²) in [6, 6.07) is 3.15. The third kappa shape index (κ3) is 4.76. The fourth-order valence-electron chi connectivity index (χ4n) is 2.89. The molecule has 0 aliphatic carbocycles. The Labute approximate surface area is 168 Å². The van der Waals surface area contributed by atoms with Gasteiger partial charge in [-0.05, 0) is 24.1 Å². The highest BCUT2D eigenvalue weighted by molar-refractivity contribution is 6.31. The van der Waals surface area contributed by atoms with Gasteiger partial charge < -0.3 is 9.84 Å². The lowest BCUT2D eigenvalue weighted by Crippen LogP contribution is -2.13. The molecule has 7 nitrogen and oxygen atoms in total. The zero-order valence-electron chi connectivity index (χ0n) is 15.2. The Morgan fingerprint density at radius 2 is 2.10 bits per heavy atom. The number of carbonyl (C=O) groups is 1. The molecule has 0 aliphatic heterocycles. The second-order valence-electron chi connectivity index (χ2n) is 6.16. The van der Waals surface area contributed by atoms with Crippen molar-refractivity contribution in [2.24, 2.45) is 0 Å². The van der Waals surface area contributed by atoms with Gasteiger partial charge in [0.2, 0.25) is 5.88 Å². The lowest BCUT2D eigenvalue weighted by molar-refractivity contribution is -0.139. The van der Waals surface area contributed by atoms with E-state index in [1.165, 1.54) is 18.5 Å². The minimum absolute atomic E-state index is 0.0739. The molecule has 154 valence electrons. The second kappa shape index (κ2) is 8.24. The second-order valence-corrected chi connectivity index (χ2v) is 6.57. The monoisotopic (exact) mass is 428 g/mol. The molecule has 0 amide bonds. The van der Waals surface area contributed by atoms with Crippen molar-refractivity contribution in [1.82, 2.24) is 19.7 Å². The van der Waals surface area contributed by atoms with Gasteiger partial charge in [-0.3, -0.25) is 4.68 Å². The highest BCUT2D eigenvalue weighted by atomic mass is 35.5. The lowest BCUT2D eigenvalue weighted by atomic mass is 10.1. The number of carboxylic acid groups (broad SMARTS) is 1. The molecule has 0 atom stereocenters. The first-order valence-corrected chi connectivity index (χ1v) is 8.99. The highest BCUT2D eigenvalue weighted by Crippen LogP contribution is 2.27. The number of hydrogen-bond donors (Lipinski definition) is 1. The van der Waals surface area contributed by atoms with Gasteiger partial charge in [0.1, 0.15) is 5.02 Å². The number of rotatable bonds is 7. The van der Waals surface area contributed by atoms with Crippen LogP contribution in [-0.2, 0) is 13.0 Å². The van der Waals surface area contributed by atoms with Gasteiger partial charge in [0.15, 0.2) is 5.69 Å². The molecule has 1 N–H and O–H groups in total. The third-order valence-corrected chi connectivity index (χ3v) is 4.39. The van der Waals surface area contributed by atoms with Crippen LogP contribution in [0.25, 0.3) is 10.9 Å². The number of alkyl halides is 3. The molecule has 0 spiro atoms.